The molecular formula is C18H20BFN4O2. The van der Waals surface area contributed by atoms with Gasteiger partial charge in [0, 0.05) is 6.20 Å². The summed E-state index contributed by atoms with van der Waals surface area (Å²) in [6.07, 6.45) is 2.94. The molecule has 0 spiro atoms. The van der Waals surface area contributed by atoms with Crippen molar-refractivity contribution in [3.63, 3.8) is 0 Å². The number of halogens is 1. The van der Waals surface area contributed by atoms with Crippen molar-refractivity contribution in [1.29, 1.82) is 5.26 Å². The molecule has 0 bridgehead atoms. The molecule has 2 aromatic rings. The number of hydrogen-bond donors (Lipinski definition) is 0. The van der Waals surface area contributed by atoms with Gasteiger partial charge in [0.2, 0.25) is 0 Å². The van der Waals surface area contributed by atoms with Crippen LogP contribution in [0, 0.1) is 11.3 Å². The van der Waals surface area contributed by atoms with Gasteiger partial charge in [0.1, 0.15) is 18.0 Å². The summed E-state index contributed by atoms with van der Waals surface area (Å²) in [5.41, 5.74) is -0.178. The summed E-state index contributed by atoms with van der Waals surface area (Å²) in [5.74, 6) is 0. The van der Waals surface area contributed by atoms with Crippen molar-refractivity contribution in [3.8, 4) is 17.5 Å². The summed E-state index contributed by atoms with van der Waals surface area (Å²) in [4.78, 5) is 4.24. The smallest absolute Gasteiger partial charge is 0.398 e. The molecule has 0 unspecified atom stereocenters. The van der Waals surface area contributed by atoms with Gasteiger partial charge < -0.3 is 9.31 Å². The normalized spacial score (nSPS) is 18.8. The predicted octanol–water partition coefficient (Wildman–Crippen LogP) is 3.41. The molecule has 8 heteroatoms. The fraction of sp³-hybridized carbons (Fsp3) is 0.389. The second-order valence-electron chi connectivity index (χ2n) is 7.10. The fourth-order valence-electron chi connectivity index (χ4n) is 2.55. The van der Waals surface area contributed by atoms with Gasteiger partial charge in [-0.3, -0.25) is 9.67 Å². The first-order chi connectivity index (χ1) is 12.2. The largest absolute Gasteiger partial charge is 0.525 e. The summed E-state index contributed by atoms with van der Waals surface area (Å²) < 4.78 is 27.6. The molecule has 26 heavy (non-hydrogen) atoms. The molecule has 0 N–H and O–H groups in total. The van der Waals surface area contributed by atoms with E-state index in [9.17, 15) is 4.39 Å². The first-order valence-corrected chi connectivity index (χ1v) is 8.32. The lowest BCUT2D eigenvalue weighted by atomic mass is 9.87. The van der Waals surface area contributed by atoms with Gasteiger partial charge in [-0.2, -0.15) is 10.4 Å². The van der Waals surface area contributed by atoms with Crippen LogP contribution in [0.25, 0.3) is 17.5 Å². The summed E-state index contributed by atoms with van der Waals surface area (Å²) in [6, 6.07) is 9.15. The molecule has 3 heterocycles. The van der Waals surface area contributed by atoms with Crippen molar-refractivity contribution in [1.82, 2.24) is 14.8 Å². The van der Waals surface area contributed by atoms with E-state index in [4.69, 9.17) is 14.6 Å². The van der Waals surface area contributed by atoms with Crippen LogP contribution in [0.5, 0.6) is 0 Å². The second-order valence-corrected chi connectivity index (χ2v) is 7.10. The zero-order valence-electron chi connectivity index (χ0n) is 15.2. The van der Waals surface area contributed by atoms with Gasteiger partial charge in [0.05, 0.1) is 28.7 Å². The average Bonchev–Trinajstić information content (AvgIpc) is 3.07. The van der Waals surface area contributed by atoms with Crippen LogP contribution in [-0.2, 0) is 15.9 Å². The Balaban J connectivity index is 1.92. The Morgan fingerprint density at radius 1 is 1.27 bits per heavy atom. The summed E-state index contributed by atoms with van der Waals surface area (Å²) in [6.45, 7) is 7.44. The molecule has 1 fully saturated rings. The summed E-state index contributed by atoms with van der Waals surface area (Å²) >= 11 is 0. The lowest BCUT2D eigenvalue weighted by Crippen LogP contribution is -2.41. The van der Waals surface area contributed by atoms with E-state index in [-0.39, 0.29) is 6.54 Å². The molecule has 6 nitrogen and oxygen atoms in total. The summed E-state index contributed by atoms with van der Waals surface area (Å²) in [7, 11) is -1.09. The van der Waals surface area contributed by atoms with Crippen LogP contribution in [0.2, 0.25) is 0 Å². The molecule has 1 saturated heterocycles. The van der Waals surface area contributed by atoms with Crippen LogP contribution in [0.15, 0.2) is 36.2 Å². The van der Waals surface area contributed by atoms with E-state index >= 15 is 0 Å². The van der Waals surface area contributed by atoms with E-state index in [0.717, 1.165) is 0 Å². The monoisotopic (exact) mass is 354 g/mol. The molecular weight excluding hydrogens is 334 g/mol. The highest BCUT2D eigenvalue weighted by molar-refractivity contribution is 6.54. The van der Waals surface area contributed by atoms with Crippen molar-refractivity contribution in [3.05, 3.63) is 41.9 Å². The lowest BCUT2D eigenvalue weighted by molar-refractivity contribution is 0.00578. The van der Waals surface area contributed by atoms with Gasteiger partial charge in [0.15, 0.2) is 0 Å². The van der Waals surface area contributed by atoms with Gasteiger partial charge in [-0.25, -0.2) is 4.39 Å². The fourth-order valence-corrected chi connectivity index (χ4v) is 2.55. The van der Waals surface area contributed by atoms with E-state index in [1.165, 1.54) is 10.8 Å². The zero-order valence-corrected chi connectivity index (χ0v) is 15.2. The van der Waals surface area contributed by atoms with Crippen LogP contribution < -0.4 is 0 Å². The third kappa shape index (κ3) is 3.41. The first-order valence-electron chi connectivity index (χ1n) is 8.32. The molecule has 0 aliphatic carbocycles. The van der Waals surface area contributed by atoms with E-state index < -0.39 is 24.0 Å². The van der Waals surface area contributed by atoms with Crippen LogP contribution >= 0.6 is 0 Å². The summed E-state index contributed by atoms with van der Waals surface area (Å²) in [5, 5.41) is 13.4. The van der Waals surface area contributed by atoms with E-state index in [0.29, 0.717) is 17.1 Å². The highest BCUT2D eigenvalue weighted by Crippen LogP contribution is 2.39. The van der Waals surface area contributed by atoms with Crippen molar-refractivity contribution >= 4 is 13.2 Å². The van der Waals surface area contributed by atoms with Crippen molar-refractivity contribution < 1.29 is 13.7 Å². The number of hydrogen-bond acceptors (Lipinski definition) is 5. The maximum atomic E-state index is 14.8. The molecule has 0 aromatic carbocycles. The van der Waals surface area contributed by atoms with E-state index in [1.54, 1.807) is 24.4 Å². The molecule has 1 aliphatic heterocycles. The number of aromatic nitrogens is 3. The maximum Gasteiger partial charge on any atom is 0.525 e. The second kappa shape index (κ2) is 6.67. The molecule has 0 radical (unpaired) electrons. The van der Waals surface area contributed by atoms with Crippen LogP contribution in [0.4, 0.5) is 4.39 Å². The Bertz CT molecular complexity index is 855. The molecule has 2 aromatic heterocycles. The highest BCUT2D eigenvalue weighted by atomic mass is 19.1. The van der Waals surface area contributed by atoms with Crippen molar-refractivity contribution in [2.45, 2.75) is 45.4 Å². The SMILES string of the molecule is CC1(C)OB(C(F)=Cc2cc(-c3ccccn3)nn2CC#N)OC1(C)C. The first kappa shape index (κ1) is 18.3. The standard InChI is InChI=1S/C18H20BFN4O2/c1-17(2)18(3,4)26-19(25-17)16(20)12-13-11-15(23-24(13)10-8-21)14-7-5-6-9-22-14/h5-7,9,11-12H,10H2,1-4H3. The third-order valence-corrected chi connectivity index (χ3v) is 4.72. The number of pyridine rings is 1. The van der Waals surface area contributed by atoms with E-state index in [1.807, 2.05) is 39.8 Å². The predicted molar refractivity (Wildman–Crippen MR) is 96.2 cm³/mol. The van der Waals surface area contributed by atoms with Gasteiger partial charge >= 0.3 is 7.12 Å². The molecule has 0 saturated carbocycles. The minimum absolute atomic E-state index is 0.00465. The molecule has 3 rings (SSSR count). The Kier molecular flexibility index (Phi) is 4.69. The zero-order chi connectivity index (χ0) is 18.9. The van der Waals surface area contributed by atoms with Crippen LogP contribution in [0.3, 0.4) is 0 Å². The Morgan fingerprint density at radius 3 is 2.54 bits per heavy atom. The highest BCUT2D eigenvalue weighted by Gasteiger charge is 2.53. The molecule has 0 amide bonds. The minimum Gasteiger partial charge on any atom is -0.398 e. The molecule has 134 valence electrons. The van der Waals surface area contributed by atoms with Gasteiger partial charge in [-0.05, 0) is 52.0 Å². The number of nitrogens with zero attached hydrogens (tertiary/aromatic N) is 4. The Labute approximate surface area is 152 Å². The van der Waals surface area contributed by atoms with Gasteiger partial charge in [-0.1, -0.05) is 6.07 Å². The van der Waals surface area contributed by atoms with Crippen molar-refractivity contribution in [2.24, 2.45) is 0 Å². The van der Waals surface area contributed by atoms with Gasteiger partial charge in [-0.15, -0.1) is 0 Å². The average molecular weight is 354 g/mol. The van der Waals surface area contributed by atoms with Crippen LogP contribution in [0.1, 0.15) is 33.4 Å². The molecule has 1 aliphatic rings. The molecule has 0 atom stereocenters. The minimum atomic E-state index is -1.09. The number of nitriles is 1. The van der Waals surface area contributed by atoms with E-state index in [2.05, 4.69) is 10.1 Å². The third-order valence-electron chi connectivity index (χ3n) is 4.72. The quantitative estimate of drug-likeness (QED) is 0.787. The number of rotatable bonds is 4. The Hall–Kier alpha value is -2.50. The van der Waals surface area contributed by atoms with Crippen molar-refractivity contribution in [2.75, 3.05) is 0 Å². The topological polar surface area (TPSA) is 73.0 Å². The van der Waals surface area contributed by atoms with Gasteiger partial charge in [0.25, 0.3) is 0 Å². The van der Waals surface area contributed by atoms with Crippen LogP contribution in [-0.4, -0.2) is 33.1 Å². The maximum absolute atomic E-state index is 14.8. The lowest BCUT2D eigenvalue weighted by Gasteiger charge is -2.32. The Morgan fingerprint density at radius 2 is 1.96 bits per heavy atom.